The molecule has 0 unspecified atom stereocenters. The lowest BCUT2D eigenvalue weighted by atomic mass is 10.1. The fraction of sp³-hybridized carbons (Fsp3) is 0.333. The Balaban J connectivity index is 3.48. The van der Waals surface area contributed by atoms with Crippen molar-refractivity contribution < 1.29 is 18.3 Å². The van der Waals surface area contributed by atoms with Crippen LogP contribution in [-0.4, -0.2) is 18.1 Å². The van der Waals surface area contributed by atoms with Crippen molar-refractivity contribution in [3.63, 3.8) is 0 Å². The molecule has 1 rings (SSSR count). The van der Waals surface area contributed by atoms with E-state index in [1.807, 2.05) is 0 Å². The van der Waals surface area contributed by atoms with E-state index in [-0.39, 0.29) is 23.5 Å². The first kappa shape index (κ1) is 12.3. The van der Waals surface area contributed by atoms with Crippen LogP contribution in [-0.2, 0) is 11.3 Å². The predicted molar refractivity (Wildman–Crippen MR) is 52.8 cm³/mol. The van der Waals surface area contributed by atoms with Crippen LogP contribution in [0.1, 0.15) is 28.0 Å². The number of alkyl halides is 2. The maximum atomic E-state index is 12.8. The van der Waals surface area contributed by atoms with Gasteiger partial charge in [-0.1, -0.05) is 0 Å². The predicted octanol–water partition coefficient (Wildman–Crippen LogP) is 0.847. The number of nitrogens with two attached hydrogens (primary N) is 2. The second-order valence-electron chi connectivity index (χ2n) is 2.95. The van der Waals surface area contributed by atoms with Crippen molar-refractivity contribution in [2.75, 3.05) is 12.8 Å². The lowest BCUT2D eigenvalue weighted by Gasteiger charge is -2.12. The highest BCUT2D eigenvalue weighted by atomic mass is 19.3. The Morgan fingerprint density at radius 3 is 2.69 bits per heavy atom. The number of carbonyl (C=O) groups excluding carboxylic acids is 1. The summed E-state index contributed by atoms with van der Waals surface area (Å²) >= 11 is 0. The molecule has 0 saturated heterocycles. The Bertz CT molecular complexity index is 410. The third-order valence-electron chi connectivity index (χ3n) is 2.03. The van der Waals surface area contributed by atoms with Crippen molar-refractivity contribution in [3.8, 4) is 0 Å². The molecule has 0 fully saturated rings. The third kappa shape index (κ3) is 2.08. The second-order valence-corrected chi connectivity index (χ2v) is 2.95. The highest BCUT2D eigenvalue weighted by Crippen LogP contribution is 2.29. The van der Waals surface area contributed by atoms with E-state index in [9.17, 15) is 13.6 Å². The van der Waals surface area contributed by atoms with E-state index in [4.69, 9.17) is 11.5 Å². The quantitative estimate of drug-likeness (QED) is 0.752. The molecule has 1 aromatic rings. The zero-order valence-electron chi connectivity index (χ0n) is 8.54. The average molecular weight is 231 g/mol. The molecule has 0 bridgehead atoms. The number of aromatic nitrogens is 1. The summed E-state index contributed by atoms with van der Waals surface area (Å²) in [6.07, 6.45) is -1.77. The number of methoxy groups -OCH3 is 1. The summed E-state index contributed by atoms with van der Waals surface area (Å²) < 4.78 is 30.0. The number of ether oxygens (including phenoxy) is 1. The first-order valence-electron chi connectivity index (χ1n) is 4.36. The molecule has 0 atom stereocenters. The van der Waals surface area contributed by atoms with Crippen LogP contribution in [0.25, 0.3) is 0 Å². The van der Waals surface area contributed by atoms with Gasteiger partial charge in [-0.05, 0) is 0 Å². The van der Waals surface area contributed by atoms with Gasteiger partial charge in [-0.15, -0.1) is 0 Å². The number of rotatable bonds is 3. The highest BCUT2D eigenvalue weighted by molar-refractivity contribution is 5.96. The van der Waals surface area contributed by atoms with Crippen LogP contribution in [0.3, 0.4) is 0 Å². The van der Waals surface area contributed by atoms with Gasteiger partial charge in [0.25, 0.3) is 6.43 Å². The molecule has 0 aliphatic carbocycles. The number of esters is 1. The van der Waals surface area contributed by atoms with Crippen LogP contribution in [0, 0.1) is 0 Å². The number of nitrogens with zero attached hydrogens (tertiary/aromatic N) is 1. The minimum Gasteiger partial charge on any atom is -0.465 e. The van der Waals surface area contributed by atoms with Gasteiger partial charge >= 0.3 is 5.97 Å². The Morgan fingerprint density at radius 2 is 2.25 bits per heavy atom. The van der Waals surface area contributed by atoms with Gasteiger partial charge in [-0.3, -0.25) is 4.98 Å². The molecule has 4 N–H and O–H groups in total. The summed E-state index contributed by atoms with van der Waals surface area (Å²) in [6, 6.07) is 0. The Kier molecular flexibility index (Phi) is 3.73. The van der Waals surface area contributed by atoms with Crippen molar-refractivity contribution in [3.05, 3.63) is 23.0 Å². The van der Waals surface area contributed by atoms with E-state index in [1.54, 1.807) is 0 Å². The molecular formula is C9H11F2N3O2. The van der Waals surface area contributed by atoms with Crippen LogP contribution in [0.4, 0.5) is 14.5 Å². The fourth-order valence-electron chi connectivity index (χ4n) is 1.31. The third-order valence-corrected chi connectivity index (χ3v) is 2.03. The van der Waals surface area contributed by atoms with E-state index in [0.717, 1.165) is 13.3 Å². The zero-order chi connectivity index (χ0) is 12.3. The summed E-state index contributed by atoms with van der Waals surface area (Å²) in [7, 11) is 1.08. The normalized spacial score (nSPS) is 10.6. The number of anilines is 1. The zero-order valence-corrected chi connectivity index (χ0v) is 8.54. The van der Waals surface area contributed by atoms with Gasteiger partial charge in [0.1, 0.15) is 0 Å². The largest absolute Gasteiger partial charge is 0.465 e. The van der Waals surface area contributed by atoms with E-state index in [1.165, 1.54) is 0 Å². The van der Waals surface area contributed by atoms with Gasteiger partial charge < -0.3 is 16.2 Å². The summed E-state index contributed by atoms with van der Waals surface area (Å²) in [5.74, 6) is -0.926. The molecule has 0 saturated carbocycles. The molecule has 0 aromatic carbocycles. The average Bonchev–Trinajstić information content (AvgIpc) is 2.27. The van der Waals surface area contributed by atoms with E-state index in [2.05, 4.69) is 9.72 Å². The first-order valence-corrected chi connectivity index (χ1v) is 4.36. The molecule has 0 spiro atoms. The molecule has 1 heterocycles. The number of pyridine rings is 1. The molecule has 16 heavy (non-hydrogen) atoms. The monoisotopic (exact) mass is 231 g/mol. The number of carbonyl (C=O) groups is 1. The lowest BCUT2D eigenvalue weighted by molar-refractivity contribution is 0.0590. The Hall–Kier alpha value is -1.76. The number of hydrogen-bond acceptors (Lipinski definition) is 5. The number of halogens is 2. The highest BCUT2D eigenvalue weighted by Gasteiger charge is 2.25. The molecule has 7 heteroatoms. The van der Waals surface area contributed by atoms with Crippen LogP contribution < -0.4 is 11.5 Å². The van der Waals surface area contributed by atoms with Gasteiger partial charge in [0, 0.05) is 6.54 Å². The molecule has 0 aliphatic heterocycles. The van der Waals surface area contributed by atoms with E-state index in [0.29, 0.717) is 0 Å². The van der Waals surface area contributed by atoms with Gasteiger partial charge in [0.2, 0.25) is 0 Å². The number of hydrogen-bond donors (Lipinski definition) is 2. The summed E-state index contributed by atoms with van der Waals surface area (Å²) in [5, 5.41) is 0. The van der Waals surface area contributed by atoms with E-state index < -0.39 is 18.0 Å². The maximum Gasteiger partial charge on any atom is 0.340 e. The van der Waals surface area contributed by atoms with Crippen molar-refractivity contribution in [1.82, 2.24) is 4.98 Å². The lowest BCUT2D eigenvalue weighted by Crippen LogP contribution is -2.15. The Morgan fingerprint density at radius 1 is 1.62 bits per heavy atom. The second kappa shape index (κ2) is 4.84. The smallest absolute Gasteiger partial charge is 0.340 e. The van der Waals surface area contributed by atoms with Gasteiger partial charge in [-0.2, -0.15) is 0 Å². The molecule has 1 aromatic heterocycles. The van der Waals surface area contributed by atoms with Gasteiger partial charge in [0.05, 0.1) is 35.8 Å². The van der Waals surface area contributed by atoms with Crippen molar-refractivity contribution in [1.29, 1.82) is 0 Å². The first-order chi connectivity index (χ1) is 7.52. The van der Waals surface area contributed by atoms with Crippen molar-refractivity contribution in [2.45, 2.75) is 13.0 Å². The summed E-state index contributed by atoms with van der Waals surface area (Å²) in [6.45, 7) is -0.204. The molecule has 0 aliphatic rings. The van der Waals surface area contributed by atoms with E-state index >= 15 is 0 Å². The topological polar surface area (TPSA) is 91.2 Å². The minimum absolute atomic E-state index is 0.0652. The standard InChI is InChI=1S/C9H11F2N3O2/c1-16-9(15)6-4(13)3-14-5(2-12)7(6)8(10)11/h3,8H,2,12-13H2,1H3. The molecular weight excluding hydrogens is 220 g/mol. The summed E-state index contributed by atoms with van der Waals surface area (Å²) in [5.41, 5.74) is 9.53. The molecule has 0 amide bonds. The minimum atomic E-state index is -2.89. The molecule has 88 valence electrons. The maximum absolute atomic E-state index is 12.8. The number of nitrogen functional groups attached to an aromatic ring is 1. The fourth-order valence-corrected chi connectivity index (χ4v) is 1.31. The van der Waals surface area contributed by atoms with Crippen LogP contribution in [0.5, 0.6) is 0 Å². The van der Waals surface area contributed by atoms with Crippen molar-refractivity contribution in [2.24, 2.45) is 5.73 Å². The van der Waals surface area contributed by atoms with Gasteiger partial charge in [0.15, 0.2) is 0 Å². The van der Waals surface area contributed by atoms with Crippen LogP contribution >= 0.6 is 0 Å². The van der Waals surface area contributed by atoms with Crippen LogP contribution in [0.2, 0.25) is 0 Å². The Labute approximate surface area is 90.4 Å². The molecule has 0 radical (unpaired) electrons. The molecule has 5 nitrogen and oxygen atoms in total. The van der Waals surface area contributed by atoms with Crippen molar-refractivity contribution >= 4 is 11.7 Å². The summed E-state index contributed by atoms with van der Waals surface area (Å²) in [4.78, 5) is 15.0. The van der Waals surface area contributed by atoms with Crippen LogP contribution in [0.15, 0.2) is 6.20 Å². The van der Waals surface area contributed by atoms with Gasteiger partial charge in [-0.25, -0.2) is 13.6 Å². The SMILES string of the molecule is COC(=O)c1c(N)cnc(CN)c1C(F)F.